The van der Waals surface area contributed by atoms with E-state index in [2.05, 4.69) is 4.90 Å². The number of carbonyl (C=O) groups excluding carboxylic acids is 1. The summed E-state index contributed by atoms with van der Waals surface area (Å²) < 4.78 is 0. The van der Waals surface area contributed by atoms with E-state index in [1.54, 1.807) is 0 Å². The Morgan fingerprint density at radius 3 is 2.76 bits per heavy atom. The first-order chi connectivity index (χ1) is 8.25. The highest BCUT2D eigenvalue weighted by atomic mass is 16.3. The molecule has 1 amide bonds. The van der Waals surface area contributed by atoms with Crippen LogP contribution in [0.2, 0.25) is 0 Å². The van der Waals surface area contributed by atoms with Gasteiger partial charge in [0.2, 0.25) is 5.91 Å². The van der Waals surface area contributed by atoms with Crippen LogP contribution in [0.1, 0.15) is 38.5 Å². The van der Waals surface area contributed by atoms with E-state index >= 15 is 0 Å². The third kappa shape index (κ3) is 2.08. The Morgan fingerprint density at radius 1 is 1.12 bits per heavy atom. The van der Waals surface area contributed by atoms with Crippen molar-refractivity contribution in [3.05, 3.63) is 0 Å². The van der Waals surface area contributed by atoms with Crippen molar-refractivity contribution in [2.75, 3.05) is 19.6 Å². The van der Waals surface area contributed by atoms with Crippen LogP contribution >= 0.6 is 0 Å². The zero-order valence-corrected chi connectivity index (χ0v) is 10.3. The molecule has 3 fully saturated rings. The van der Waals surface area contributed by atoms with Gasteiger partial charge in [0.25, 0.3) is 0 Å². The summed E-state index contributed by atoms with van der Waals surface area (Å²) in [5.74, 6) is 0.332. The number of amides is 1. The maximum Gasteiger partial charge on any atom is 0.222 e. The lowest BCUT2D eigenvalue weighted by molar-refractivity contribution is -0.131. The number of hydrogen-bond acceptors (Lipinski definition) is 3. The zero-order chi connectivity index (χ0) is 11.8. The first-order valence-electron chi connectivity index (χ1n) is 6.97. The van der Waals surface area contributed by atoms with Gasteiger partial charge in [-0.15, -0.1) is 0 Å². The SMILES string of the molecule is O=C1CCC2CN([C@H]3CCCC[C@@H]3O)CCN12. The van der Waals surface area contributed by atoms with Crippen molar-refractivity contribution in [3.8, 4) is 0 Å². The molecule has 3 atom stereocenters. The molecular weight excluding hydrogens is 216 g/mol. The molecule has 1 aliphatic carbocycles. The quantitative estimate of drug-likeness (QED) is 0.727. The first kappa shape index (κ1) is 11.5. The molecule has 0 aromatic heterocycles. The summed E-state index contributed by atoms with van der Waals surface area (Å²) in [6.07, 6.45) is 6.08. The van der Waals surface area contributed by atoms with Crippen LogP contribution in [0.4, 0.5) is 0 Å². The normalized spacial score (nSPS) is 39.5. The van der Waals surface area contributed by atoms with E-state index in [0.717, 1.165) is 45.3 Å². The third-order valence-electron chi connectivity index (χ3n) is 4.69. The van der Waals surface area contributed by atoms with Gasteiger partial charge in [0.1, 0.15) is 0 Å². The molecule has 1 saturated carbocycles. The van der Waals surface area contributed by atoms with Gasteiger partial charge in [0.15, 0.2) is 0 Å². The van der Waals surface area contributed by atoms with E-state index in [9.17, 15) is 9.90 Å². The van der Waals surface area contributed by atoms with Crippen molar-refractivity contribution >= 4 is 5.91 Å². The molecule has 0 spiro atoms. The molecule has 1 unspecified atom stereocenters. The molecular formula is C13H22N2O2. The molecule has 0 aromatic carbocycles. The second-order valence-electron chi connectivity index (χ2n) is 5.69. The van der Waals surface area contributed by atoms with Crippen molar-refractivity contribution in [2.24, 2.45) is 0 Å². The lowest BCUT2D eigenvalue weighted by atomic mass is 9.90. The van der Waals surface area contributed by atoms with Crippen LogP contribution in [0.3, 0.4) is 0 Å². The monoisotopic (exact) mass is 238 g/mol. The number of rotatable bonds is 1. The molecule has 17 heavy (non-hydrogen) atoms. The Hall–Kier alpha value is -0.610. The predicted octanol–water partition coefficient (Wildman–Crippen LogP) is 0.597. The predicted molar refractivity (Wildman–Crippen MR) is 64.6 cm³/mol. The summed E-state index contributed by atoms with van der Waals surface area (Å²) in [7, 11) is 0. The largest absolute Gasteiger partial charge is 0.391 e. The molecule has 2 heterocycles. The number of hydrogen-bond donors (Lipinski definition) is 1. The number of fused-ring (bicyclic) bond motifs is 1. The van der Waals surface area contributed by atoms with Gasteiger partial charge in [-0.25, -0.2) is 0 Å². The van der Waals surface area contributed by atoms with Gasteiger partial charge >= 0.3 is 0 Å². The second kappa shape index (κ2) is 4.58. The standard InChI is InChI=1S/C13H22N2O2/c16-12-4-2-1-3-11(12)14-7-8-15-10(9-14)5-6-13(15)17/h10-12,16H,1-9H2/t10?,11-,12-/m0/s1. The molecule has 0 bridgehead atoms. The van der Waals surface area contributed by atoms with Crippen LogP contribution in [-0.2, 0) is 4.79 Å². The van der Waals surface area contributed by atoms with Crippen LogP contribution < -0.4 is 0 Å². The highest BCUT2D eigenvalue weighted by Crippen LogP contribution is 2.28. The second-order valence-corrected chi connectivity index (χ2v) is 5.69. The van der Waals surface area contributed by atoms with Crippen molar-refractivity contribution in [1.29, 1.82) is 0 Å². The van der Waals surface area contributed by atoms with Crippen LogP contribution in [-0.4, -0.2) is 58.6 Å². The number of aliphatic hydroxyl groups excluding tert-OH is 1. The zero-order valence-electron chi connectivity index (χ0n) is 10.3. The number of carbonyl (C=O) groups is 1. The molecule has 3 rings (SSSR count). The highest BCUT2D eigenvalue weighted by Gasteiger charge is 2.39. The fourth-order valence-electron chi connectivity index (χ4n) is 3.71. The number of aliphatic hydroxyl groups is 1. The molecule has 3 aliphatic rings. The Labute approximate surface area is 103 Å². The molecule has 4 nitrogen and oxygen atoms in total. The number of nitrogens with zero attached hydrogens (tertiary/aromatic N) is 2. The fraction of sp³-hybridized carbons (Fsp3) is 0.923. The molecule has 2 saturated heterocycles. The molecule has 0 aromatic rings. The maximum absolute atomic E-state index is 11.6. The Kier molecular flexibility index (Phi) is 3.09. The van der Waals surface area contributed by atoms with E-state index < -0.39 is 0 Å². The van der Waals surface area contributed by atoms with Crippen LogP contribution in [0.5, 0.6) is 0 Å². The Morgan fingerprint density at radius 2 is 1.94 bits per heavy atom. The minimum atomic E-state index is -0.146. The summed E-state index contributed by atoms with van der Waals surface area (Å²) in [5, 5.41) is 10.1. The van der Waals surface area contributed by atoms with Crippen molar-refractivity contribution in [3.63, 3.8) is 0 Å². The minimum Gasteiger partial charge on any atom is -0.391 e. The third-order valence-corrected chi connectivity index (χ3v) is 4.69. The molecule has 2 aliphatic heterocycles. The summed E-state index contributed by atoms with van der Waals surface area (Å²) in [5.41, 5.74) is 0. The number of piperazine rings is 1. The van der Waals surface area contributed by atoms with Crippen LogP contribution in [0.15, 0.2) is 0 Å². The lowest BCUT2D eigenvalue weighted by Gasteiger charge is -2.44. The van der Waals surface area contributed by atoms with E-state index in [0.29, 0.717) is 18.0 Å². The van der Waals surface area contributed by atoms with Crippen LogP contribution in [0, 0.1) is 0 Å². The van der Waals surface area contributed by atoms with Crippen LogP contribution in [0.25, 0.3) is 0 Å². The fourth-order valence-corrected chi connectivity index (χ4v) is 3.71. The summed E-state index contributed by atoms with van der Waals surface area (Å²) in [4.78, 5) is 16.1. The summed E-state index contributed by atoms with van der Waals surface area (Å²) in [6.45, 7) is 2.80. The van der Waals surface area contributed by atoms with Crippen molar-refractivity contribution in [1.82, 2.24) is 9.80 Å². The first-order valence-corrected chi connectivity index (χ1v) is 6.97. The van der Waals surface area contributed by atoms with Crippen molar-refractivity contribution in [2.45, 2.75) is 56.7 Å². The van der Waals surface area contributed by atoms with Gasteiger partial charge in [0.05, 0.1) is 6.10 Å². The smallest absolute Gasteiger partial charge is 0.222 e. The van der Waals surface area contributed by atoms with Gasteiger partial charge in [0, 0.05) is 38.1 Å². The lowest BCUT2D eigenvalue weighted by Crippen LogP contribution is -2.57. The van der Waals surface area contributed by atoms with Gasteiger partial charge < -0.3 is 10.0 Å². The maximum atomic E-state index is 11.6. The van der Waals surface area contributed by atoms with Gasteiger partial charge in [-0.3, -0.25) is 9.69 Å². The molecule has 4 heteroatoms. The Balaban J connectivity index is 1.64. The van der Waals surface area contributed by atoms with E-state index in [-0.39, 0.29) is 6.10 Å². The van der Waals surface area contributed by atoms with E-state index in [4.69, 9.17) is 0 Å². The molecule has 1 N–H and O–H groups in total. The van der Waals surface area contributed by atoms with Gasteiger partial charge in [-0.1, -0.05) is 12.8 Å². The minimum absolute atomic E-state index is 0.146. The van der Waals surface area contributed by atoms with E-state index in [1.165, 1.54) is 12.8 Å². The summed E-state index contributed by atoms with van der Waals surface area (Å²) >= 11 is 0. The van der Waals surface area contributed by atoms with Crippen molar-refractivity contribution < 1.29 is 9.90 Å². The molecule has 96 valence electrons. The van der Waals surface area contributed by atoms with E-state index in [1.807, 2.05) is 4.90 Å². The van der Waals surface area contributed by atoms with Gasteiger partial charge in [-0.05, 0) is 19.3 Å². The average molecular weight is 238 g/mol. The topological polar surface area (TPSA) is 43.8 Å². The average Bonchev–Trinajstić information content (AvgIpc) is 2.71. The highest BCUT2D eigenvalue weighted by molar-refractivity contribution is 5.78. The summed E-state index contributed by atoms with van der Waals surface area (Å²) in [6, 6.07) is 0.770. The Bertz CT molecular complexity index is 308. The molecule has 0 radical (unpaired) electrons. The van der Waals surface area contributed by atoms with Gasteiger partial charge in [-0.2, -0.15) is 0 Å².